The minimum atomic E-state index is 0.412. The second kappa shape index (κ2) is 7.30. The van der Waals surface area contributed by atoms with Crippen molar-refractivity contribution >= 4 is 45.3 Å². The molecule has 130 valence electrons. The summed E-state index contributed by atoms with van der Waals surface area (Å²) in [6, 6.07) is 11.9. The number of hydrogen-bond acceptors (Lipinski definition) is 6. The van der Waals surface area contributed by atoms with Gasteiger partial charge in [0.25, 0.3) is 0 Å². The molecule has 6 nitrogen and oxygen atoms in total. The van der Waals surface area contributed by atoms with E-state index in [0.717, 1.165) is 10.9 Å². The maximum Gasteiger partial charge on any atom is 0.227 e. The lowest BCUT2D eigenvalue weighted by molar-refractivity contribution is 0.356. The third-order valence-corrected chi connectivity index (χ3v) is 4.54. The highest BCUT2D eigenvalue weighted by Gasteiger charge is 2.14. The second-order valence-electron chi connectivity index (χ2n) is 5.62. The molecule has 0 unspecified atom stereocenters. The fraction of sp³-hybridized carbons (Fsp3) is 0.222. The molecule has 25 heavy (non-hydrogen) atoms. The predicted molar refractivity (Wildman–Crippen MR) is 108 cm³/mol. The van der Waals surface area contributed by atoms with E-state index in [4.69, 9.17) is 15.2 Å². The fourth-order valence-corrected chi connectivity index (χ4v) is 3.22. The number of benzene rings is 2. The Labute approximate surface area is 160 Å². The van der Waals surface area contributed by atoms with E-state index in [1.165, 1.54) is 9.13 Å². The SMILES string of the molecule is COc1cc2nc(N(C)Cc3cccc(I)c3)nc(N)c2cc1OC. The van der Waals surface area contributed by atoms with Crippen molar-refractivity contribution in [1.29, 1.82) is 0 Å². The molecule has 0 aliphatic carbocycles. The van der Waals surface area contributed by atoms with Crippen LogP contribution in [-0.4, -0.2) is 31.2 Å². The van der Waals surface area contributed by atoms with E-state index in [2.05, 4.69) is 50.8 Å². The summed E-state index contributed by atoms with van der Waals surface area (Å²) >= 11 is 2.30. The highest BCUT2D eigenvalue weighted by molar-refractivity contribution is 14.1. The van der Waals surface area contributed by atoms with Gasteiger partial charge in [-0.05, 0) is 46.4 Å². The van der Waals surface area contributed by atoms with Gasteiger partial charge in [-0.1, -0.05) is 12.1 Å². The van der Waals surface area contributed by atoms with Gasteiger partial charge in [-0.25, -0.2) is 4.98 Å². The minimum absolute atomic E-state index is 0.412. The molecule has 0 aliphatic heterocycles. The van der Waals surface area contributed by atoms with Gasteiger partial charge in [-0.15, -0.1) is 0 Å². The number of nitrogens with two attached hydrogens (primary N) is 1. The number of nitrogens with zero attached hydrogens (tertiary/aromatic N) is 3. The Morgan fingerprint density at radius 2 is 1.80 bits per heavy atom. The van der Waals surface area contributed by atoms with Gasteiger partial charge in [-0.3, -0.25) is 0 Å². The Balaban J connectivity index is 1.99. The topological polar surface area (TPSA) is 73.5 Å². The smallest absolute Gasteiger partial charge is 0.227 e. The summed E-state index contributed by atoms with van der Waals surface area (Å²) in [5, 5.41) is 0.740. The van der Waals surface area contributed by atoms with Crippen LogP contribution in [0.15, 0.2) is 36.4 Å². The van der Waals surface area contributed by atoms with Crippen LogP contribution in [0.25, 0.3) is 10.9 Å². The van der Waals surface area contributed by atoms with Crippen LogP contribution in [0, 0.1) is 3.57 Å². The van der Waals surface area contributed by atoms with Crippen molar-refractivity contribution in [2.24, 2.45) is 0 Å². The number of nitrogen functional groups attached to an aromatic ring is 1. The molecule has 0 fully saturated rings. The number of methoxy groups -OCH3 is 2. The molecule has 0 aliphatic rings. The van der Waals surface area contributed by atoms with Gasteiger partial charge in [-0.2, -0.15) is 4.98 Å². The Kier molecular flexibility index (Phi) is 5.12. The lowest BCUT2D eigenvalue weighted by Gasteiger charge is -2.19. The van der Waals surface area contributed by atoms with Crippen LogP contribution in [0.4, 0.5) is 11.8 Å². The van der Waals surface area contributed by atoms with Gasteiger partial charge in [0.05, 0.1) is 19.7 Å². The zero-order valence-corrected chi connectivity index (χ0v) is 16.4. The van der Waals surface area contributed by atoms with Crippen molar-refractivity contribution < 1.29 is 9.47 Å². The molecule has 0 radical (unpaired) electrons. The van der Waals surface area contributed by atoms with Crippen molar-refractivity contribution in [2.45, 2.75) is 6.54 Å². The standard InChI is InChI=1S/C18H19IN4O2/c1-23(10-11-5-4-6-12(19)7-11)18-21-14-9-16(25-3)15(24-2)8-13(14)17(20)22-18/h4-9H,10H2,1-3H3,(H2,20,21,22). The number of aromatic nitrogens is 2. The van der Waals surface area contributed by atoms with E-state index < -0.39 is 0 Å². The maximum atomic E-state index is 6.15. The molecule has 2 aromatic carbocycles. The minimum Gasteiger partial charge on any atom is -0.493 e. The third kappa shape index (κ3) is 3.71. The summed E-state index contributed by atoms with van der Waals surface area (Å²) in [7, 11) is 5.13. The van der Waals surface area contributed by atoms with Crippen molar-refractivity contribution in [2.75, 3.05) is 31.9 Å². The lowest BCUT2D eigenvalue weighted by atomic mass is 10.2. The van der Waals surface area contributed by atoms with Crippen LogP contribution in [0.1, 0.15) is 5.56 Å². The number of ether oxygens (including phenoxy) is 2. The molecule has 0 saturated carbocycles. The van der Waals surface area contributed by atoms with Crippen molar-refractivity contribution in [1.82, 2.24) is 9.97 Å². The van der Waals surface area contributed by atoms with E-state index in [-0.39, 0.29) is 0 Å². The molecule has 0 atom stereocenters. The molecule has 1 heterocycles. The van der Waals surface area contributed by atoms with Crippen molar-refractivity contribution in [3.8, 4) is 11.5 Å². The predicted octanol–water partition coefficient (Wildman–Crippen LogP) is 3.47. The first-order valence-electron chi connectivity index (χ1n) is 7.66. The normalized spacial score (nSPS) is 10.7. The van der Waals surface area contributed by atoms with Crippen LogP contribution < -0.4 is 20.1 Å². The van der Waals surface area contributed by atoms with Crippen LogP contribution in [-0.2, 0) is 6.54 Å². The Morgan fingerprint density at radius 1 is 1.08 bits per heavy atom. The maximum absolute atomic E-state index is 6.15. The lowest BCUT2D eigenvalue weighted by Crippen LogP contribution is -2.19. The molecule has 0 spiro atoms. The second-order valence-corrected chi connectivity index (χ2v) is 6.86. The molecule has 0 saturated heterocycles. The fourth-order valence-electron chi connectivity index (χ4n) is 2.62. The Hall–Kier alpha value is -2.29. The van der Waals surface area contributed by atoms with Crippen molar-refractivity contribution in [3.63, 3.8) is 0 Å². The average Bonchev–Trinajstić information content (AvgIpc) is 2.60. The zero-order chi connectivity index (χ0) is 18.0. The van der Waals surface area contributed by atoms with E-state index in [1.54, 1.807) is 20.3 Å². The van der Waals surface area contributed by atoms with Gasteiger partial charge in [0.2, 0.25) is 5.95 Å². The van der Waals surface area contributed by atoms with Gasteiger partial charge >= 0.3 is 0 Å². The van der Waals surface area contributed by atoms with Gasteiger partial charge in [0, 0.05) is 28.6 Å². The summed E-state index contributed by atoms with van der Waals surface area (Å²) in [4.78, 5) is 11.1. The summed E-state index contributed by atoms with van der Waals surface area (Å²) in [5.41, 5.74) is 8.05. The van der Waals surface area contributed by atoms with E-state index in [9.17, 15) is 0 Å². The molecule has 7 heteroatoms. The van der Waals surface area contributed by atoms with Gasteiger partial charge < -0.3 is 20.1 Å². The highest BCUT2D eigenvalue weighted by Crippen LogP contribution is 2.34. The number of hydrogen-bond donors (Lipinski definition) is 1. The third-order valence-electron chi connectivity index (χ3n) is 3.87. The zero-order valence-electron chi connectivity index (χ0n) is 14.3. The largest absolute Gasteiger partial charge is 0.493 e. The van der Waals surface area contributed by atoms with Crippen LogP contribution in [0.3, 0.4) is 0 Å². The van der Waals surface area contributed by atoms with Crippen molar-refractivity contribution in [3.05, 3.63) is 45.5 Å². The highest BCUT2D eigenvalue weighted by atomic mass is 127. The summed E-state index contributed by atoms with van der Waals surface area (Å²) in [6.45, 7) is 0.690. The first-order valence-corrected chi connectivity index (χ1v) is 8.74. The van der Waals surface area contributed by atoms with Crippen LogP contribution in [0.5, 0.6) is 11.5 Å². The number of rotatable bonds is 5. The summed E-state index contributed by atoms with van der Waals surface area (Å²) < 4.78 is 11.9. The summed E-state index contributed by atoms with van der Waals surface area (Å²) in [5.74, 6) is 2.19. The van der Waals surface area contributed by atoms with E-state index >= 15 is 0 Å². The molecule has 3 rings (SSSR count). The quantitative estimate of drug-likeness (QED) is 0.601. The van der Waals surface area contributed by atoms with E-state index in [0.29, 0.717) is 29.8 Å². The number of halogens is 1. The molecule has 0 amide bonds. The first kappa shape index (κ1) is 17.5. The molecular weight excluding hydrogens is 431 g/mol. The monoisotopic (exact) mass is 450 g/mol. The Bertz CT molecular complexity index is 917. The number of fused-ring (bicyclic) bond motifs is 1. The Morgan fingerprint density at radius 3 is 2.48 bits per heavy atom. The molecule has 1 aromatic heterocycles. The average molecular weight is 450 g/mol. The van der Waals surface area contributed by atoms with Crippen LogP contribution in [0.2, 0.25) is 0 Å². The molecule has 0 bridgehead atoms. The molecule has 2 N–H and O–H groups in total. The molecule has 3 aromatic rings. The molecular formula is C18H19IN4O2. The summed E-state index contributed by atoms with van der Waals surface area (Å²) in [6.07, 6.45) is 0. The van der Waals surface area contributed by atoms with E-state index in [1.807, 2.05) is 24.1 Å². The first-order chi connectivity index (χ1) is 12.0. The number of anilines is 2. The van der Waals surface area contributed by atoms with Crippen LogP contribution >= 0.6 is 22.6 Å². The van der Waals surface area contributed by atoms with Gasteiger partial charge in [0.1, 0.15) is 5.82 Å². The van der Waals surface area contributed by atoms with Gasteiger partial charge in [0.15, 0.2) is 11.5 Å².